The van der Waals surface area contributed by atoms with Gasteiger partial charge in [0.05, 0.1) is 0 Å². The lowest BCUT2D eigenvalue weighted by molar-refractivity contribution is 0.125. The molecule has 1 heterocycles. The van der Waals surface area contributed by atoms with Crippen molar-refractivity contribution in [1.82, 2.24) is 4.90 Å². The largest absolute Gasteiger partial charge is 0.396 e. The van der Waals surface area contributed by atoms with E-state index in [0.29, 0.717) is 5.92 Å². The van der Waals surface area contributed by atoms with Crippen LogP contribution in [0.25, 0.3) is 0 Å². The number of likely N-dealkylation sites (tertiary alicyclic amines) is 1. The molecule has 1 N–H and O–H groups in total. The van der Waals surface area contributed by atoms with Gasteiger partial charge in [-0.25, -0.2) is 4.39 Å². The number of hydrogen-bond donors (Lipinski definition) is 1. The molecule has 3 aromatic carbocycles. The molecule has 1 saturated heterocycles. The highest BCUT2D eigenvalue weighted by molar-refractivity contribution is 6.30. The molecule has 2 nitrogen and oxygen atoms in total. The van der Waals surface area contributed by atoms with Crippen LogP contribution in [-0.4, -0.2) is 29.7 Å². The normalized spacial score (nSPS) is 16.4. The number of hydrogen-bond acceptors (Lipinski definition) is 2. The van der Waals surface area contributed by atoms with Crippen molar-refractivity contribution < 1.29 is 9.50 Å². The molecule has 4 rings (SSSR count). The van der Waals surface area contributed by atoms with Crippen LogP contribution in [0.15, 0.2) is 72.8 Å². The van der Waals surface area contributed by atoms with Crippen LogP contribution < -0.4 is 0 Å². The molecule has 0 saturated carbocycles. The Morgan fingerprint density at radius 2 is 1.45 bits per heavy atom. The average Bonchev–Trinajstić information content (AvgIpc) is 2.80. The minimum absolute atomic E-state index is 0.176. The van der Waals surface area contributed by atoms with Crippen LogP contribution in [0.2, 0.25) is 5.02 Å². The summed E-state index contributed by atoms with van der Waals surface area (Å²) in [5.74, 6) is 0.303. The molecule has 0 bridgehead atoms. The number of aliphatic hydroxyl groups is 1. The molecule has 0 radical (unpaired) electrons. The van der Waals surface area contributed by atoms with Gasteiger partial charge in [-0.05, 0) is 91.2 Å². The van der Waals surface area contributed by atoms with Gasteiger partial charge < -0.3 is 5.11 Å². The molecule has 0 amide bonds. The predicted octanol–water partition coefficient (Wildman–Crippen LogP) is 6.37. The number of rotatable bonds is 7. The fraction of sp³-hybridized carbons (Fsp3) is 0.333. The summed E-state index contributed by atoms with van der Waals surface area (Å²) in [5, 5.41) is 10.4. The zero-order chi connectivity index (χ0) is 21.6. The van der Waals surface area contributed by atoms with E-state index in [9.17, 15) is 9.50 Å². The van der Waals surface area contributed by atoms with E-state index in [1.54, 1.807) is 12.1 Å². The van der Waals surface area contributed by atoms with E-state index >= 15 is 0 Å². The number of nitrogens with zero attached hydrogens (tertiary/aromatic N) is 1. The number of aliphatic hydroxyl groups excluding tert-OH is 1. The van der Waals surface area contributed by atoms with Gasteiger partial charge in [-0.1, -0.05) is 60.1 Å². The highest BCUT2D eigenvalue weighted by Crippen LogP contribution is 2.34. The molecule has 1 aliphatic heterocycles. The van der Waals surface area contributed by atoms with Gasteiger partial charge in [-0.2, -0.15) is 0 Å². The Bertz CT molecular complexity index is 948. The van der Waals surface area contributed by atoms with Crippen molar-refractivity contribution in [3.63, 3.8) is 0 Å². The third-order valence-corrected chi connectivity index (χ3v) is 6.65. The fourth-order valence-electron chi connectivity index (χ4n) is 4.66. The second-order valence-corrected chi connectivity index (χ2v) is 8.87. The van der Waals surface area contributed by atoms with Crippen molar-refractivity contribution in [3.8, 4) is 0 Å². The monoisotopic (exact) mass is 437 g/mol. The van der Waals surface area contributed by atoms with Gasteiger partial charge in [0.2, 0.25) is 0 Å². The van der Waals surface area contributed by atoms with Gasteiger partial charge in [0.15, 0.2) is 0 Å². The average molecular weight is 438 g/mol. The Balaban J connectivity index is 1.40. The van der Waals surface area contributed by atoms with E-state index in [1.807, 2.05) is 24.3 Å². The van der Waals surface area contributed by atoms with Gasteiger partial charge in [0.1, 0.15) is 5.82 Å². The first kappa shape index (κ1) is 22.0. The Morgan fingerprint density at radius 1 is 0.871 bits per heavy atom. The van der Waals surface area contributed by atoms with Crippen molar-refractivity contribution in [1.29, 1.82) is 0 Å². The summed E-state index contributed by atoms with van der Waals surface area (Å²) in [6.45, 7) is 2.15. The van der Waals surface area contributed by atoms with Gasteiger partial charge >= 0.3 is 0 Å². The highest BCUT2D eigenvalue weighted by Gasteiger charge is 2.26. The Kier molecular flexibility index (Phi) is 7.39. The third-order valence-electron chi connectivity index (χ3n) is 6.40. The zero-order valence-corrected chi connectivity index (χ0v) is 18.4. The molecule has 162 valence electrons. The predicted molar refractivity (Wildman–Crippen MR) is 125 cm³/mol. The molecule has 4 heteroatoms. The molecule has 3 aromatic rings. The van der Waals surface area contributed by atoms with Crippen molar-refractivity contribution >= 4 is 11.6 Å². The van der Waals surface area contributed by atoms with Crippen LogP contribution >= 0.6 is 11.6 Å². The van der Waals surface area contributed by atoms with Crippen molar-refractivity contribution in [2.24, 2.45) is 0 Å². The van der Waals surface area contributed by atoms with Crippen LogP contribution in [0.1, 0.15) is 53.5 Å². The molecular formula is C27H29ClFNO. The zero-order valence-electron chi connectivity index (χ0n) is 17.7. The topological polar surface area (TPSA) is 23.5 Å². The van der Waals surface area contributed by atoms with Gasteiger partial charge in [0.25, 0.3) is 0 Å². The van der Waals surface area contributed by atoms with Crippen LogP contribution in [0.3, 0.4) is 0 Å². The molecule has 31 heavy (non-hydrogen) atoms. The van der Waals surface area contributed by atoms with Crippen molar-refractivity contribution in [3.05, 3.63) is 106 Å². The summed E-state index contributed by atoms with van der Waals surface area (Å²) >= 11 is 5.98. The summed E-state index contributed by atoms with van der Waals surface area (Å²) in [5.41, 5.74) is 5.00. The first-order valence-corrected chi connectivity index (χ1v) is 11.4. The standard InChI is InChI=1S/C27H29ClFNO/c28-25-9-3-21(4-10-25)19-20-1-5-24(6-2-20)27(15-18-31)30-16-13-23(14-17-30)22-7-11-26(29)12-8-22/h1-12,23,27,31H,13-19H2. The molecule has 1 fully saturated rings. The second-order valence-electron chi connectivity index (χ2n) is 8.43. The molecule has 1 unspecified atom stereocenters. The van der Waals surface area contributed by atoms with Crippen molar-refractivity contribution in [2.75, 3.05) is 19.7 Å². The lowest BCUT2D eigenvalue weighted by Gasteiger charge is -2.38. The fourth-order valence-corrected chi connectivity index (χ4v) is 4.78. The number of benzene rings is 3. The Morgan fingerprint density at radius 3 is 2.03 bits per heavy atom. The second kappa shape index (κ2) is 10.4. The third kappa shape index (κ3) is 5.74. The molecule has 0 aliphatic carbocycles. The first-order valence-electron chi connectivity index (χ1n) is 11.1. The lowest BCUT2D eigenvalue weighted by Crippen LogP contribution is -2.36. The van der Waals surface area contributed by atoms with Crippen LogP contribution in [0, 0.1) is 5.82 Å². The lowest BCUT2D eigenvalue weighted by atomic mass is 9.88. The number of piperidine rings is 1. The SMILES string of the molecule is OCCC(c1ccc(Cc2ccc(Cl)cc2)cc1)N1CCC(c2ccc(F)cc2)CC1. The summed E-state index contributed by atoms with van der Waals surface area (Å²) in [4.78, 5) is 2.49. The summed E-state index contributed by atoms with van der Waals surface area (Å²) in [7, 11) is 0. The van der Waals surface area contributed by atoms with E-state index in [2.05, 4.69) is 41.3 Å². The molecular weight excluding hydrogens is 409 g/mol. The van der Waals surface area contributed by atoms with E-state index in [4.69, 9.17) is 11.6 Å². The van der Waals surface area contributed by atoms with Gasteiger partial charge in [-0.15, -0.1) is 0 Å². The van der Waals surface area contributed by atoms with E-state index in [-0.39, 0.29) is 18.5 Å². The van der Waals surface area contributed by atoms with Crippen molar-refractivity contribution in [2.45, 2.75) is 37.6 Å². The Hall–Kier alpha value is -2.20. The first-order chi connectivity index (χ1) is 15.1. The summed E-state index contributed by atoms with van der Waals surface area (Å²) in [6.07, 6.45) is 3.73. The van der Waals surface area contributed by atoms with Gasteiger partial charge in [-0.3, -0.25) is 4.90 Å². The minimum atomic E-state index is -0.177. The van der Waals surface area contributed by atoms with Gasteiger partial charge in [0, 0.05) is 17.7 Å². The number of halogens is 2. The summed E-state index contributed by atoms with van der Waals surface area (Å²) < 4.78 is 13.2. The molecule has 1 atom stereocenters. The molecule has 0 spiro atoms. The maximum absolute atomic E-state index is 13.2. The Labute approximate surface area is 189 Å². The smallest absolute Gasteiger partial charge is 0.123 e. The van der Waals surface area contributed by atoms with Crippen LogP contribution in [-0.2, 0) is 6.42 Å². The van der Waals surface area contributed by atoms with E-state index < -0.39 is 0 Å². The molecule has 0 aromatic heterocycles. The van der Waals surface area contributed by atoms with Crippen LogP contribution in [0.4, 0.5) is 4.39 Å². The maximum atomic E-state index is 13.2. The minimum Gasteiger partial charge on any atom is -0.396 e. The maximum Gasteiger partial charge on any atom is 0.123 e. The summed E-state index contributed by atoms with van der Waals surface area (Å²) in [6, 6.07) is 24.0. The van der Waals surface area contributed by atoms with E-state index in [0.717, 1.165) is 43.8 Å². The highest BCUT2D eigenvalue weighted by atomic mass is 35.5. The molecule has 1 aliphatic rings. The van der Waals surface area contributed by atoms with E-state index in [1.165, 1.54) is 22.3 Å². The van der Waals surface area contributed by atoms with Crippen LogP contribution in [0.5, 0.6) is 0 Å². The quantitative estimate of drug-likeness (QED) is 0.464.